The second-order valence-corrected chi connectivity index (χ2v) is 6.61. The number of hydrogen-bond donors (Lipinski definition) is 1. The first-order valence-electron chi connectivity index (χ1n) is 6.70. The third kappa shape index (κ3) is 4.32. The minimum Gasteiger partial charge on any atom is -0.374 e. The second-order valence-electron chi connectivity index (χ2n) is 4.92. The first kappa shape index (κ1) is 13.5. The summed E-state index contributed by atoms with van der Waals surface area (Å²) in [6.45, 7) is 7.22. The number of likely N-dealkylation sites (N-methyl/N-ethyl adjacent to an activating group) is 1. The maximum absolute atomic E-state index is 11.2. The molecule has 1 N–H and O–H groups in total. The van der Waals surface area contributed by atoms with Gasteiger partial charge in [-0.05, 0) is 19.4 Å². The topological polar surface area (TPSA) is 41.6 Å². The third-order valence-corrected chi connectivity index (χ3v) is 5.07. The molecule has 0 spiro atoms. The van der Waals surface area contributed by atoms with E-state index in [0.717, 1.165) is 57.1 Å². The van der Waals surface area contributed by atoms with Gasteiger partial charge in [-0.1, -0.05) is 6.92 Å². The van der Waals surface area contributed by atoms with Crippen molar-refractivity contribution in [3.63, 3.8) is 0 Å². The van der Waals surface area contributed by atoms with Gasteiger partial charge in [0, 0.05) is 48.0 Å². The van der Waals surface area contributed by atoms with Gasteiger partial charge in [0.2, 0.25) is 0 Å². The smallest absolute Gasteiger partial charge is 0.0826 e. The summed E-state index contributed by atoms with van der Waals surface area (Å²) < 4.78 is 17.0. The van der Waals surface area contributed by atoms with Gasteiger partial charge in [0.1, 0.15) is 0 Å². The molecular formula is C12H24N2O2S. The summed E-state index contributed by atoms with van der Waals surface area (Å²) in [4.78, 5) is 2.44. The molecule has 100 valence electrons. The van der Waals surface area contributed by atoms with Crippen molar-refractivity contribution in [2.45, 2.75) is 31.9 Å². The van der Waals surface area contributed by atoms with Crippen LogP contribution in [0.15, 0.2) is 0 Å². The molecule has 0 aromatic rings. The SMILES string of the molecule is CCN1CCOC(CNC2CCS(=O)CC2)C1. The highest BCUT2D eigenvalue weighted by atomic mass is 32.2. The first-order chi connectivity index (χ1) is 8.28. The van der Waals surface area contributed by atoms with Crippen molar-refractivity contribution in [1.29, 1.82) is 0 Å². The van der Waals surface area contributed by atoms with E-state index in [1.54, 1.807) is 0 Å². The molecule has 17 heavy (non-hydrogen) atoms. The van der Waals surface area contributed by atoms with Crippen LogP contribution in [0.1, 0.15) is 19.8 Å². The fourth-order valence-corrected chi connectivity index (χ4v) is 3.79. The van der Waals surface area contributed by atoms with Gasteiger partial charge in [0.05, 0.1) is 12.7 Å². The first-order valence-corrected chi connectivity index (χ1v) is 8.19. The molecule has 2 saturated heterocycles. The Bertz CT molecular complexity index is 253. The number of ether oxygens (including phenoxy) is 1. The number of nitrogens with zero attached hydrogens (tertiary/aromatic N) is 1. The lowest BCUT2D eigenvalue weighted by Crippen LogP contribution is -2.48. The Balaban J connectivity index is 1.65. The molecule has 0 aliphatic carbocycles. The Labute approximate surface area is 107 Å². The Morgan fingerprint density at radius 2 is 2.18 bits per heavy atom. The van der Waals surface area contributed by atoms with Gasteiger partial charge in [-0.3, -0.25) is 9.11 Å². The van der Waals surface area contributed by atoms with E-state index in [2.05, 4.69) is 17.1 Å². The van der Waals surface area contributed by atoms with Gasteiger partial charge < -0.3 is 10.1 Å². The van der Waals surface area contributed by atoms with Crippen LogP contribution in [0.5, 0.6) is 0 Å². The Kier molecular flexibility index (Phi) is 5.41. The van der Waals surface area contributed by atoms with Crippen LogP contribution in [-0.2, 0) is 15.5 Å². The van der Waals surface area contributed by atoms with Crippen LogP contribution in [-0.4, -0.2) is 65.5 Å². The molecule has 2 aliphatic heterocycles. The number of rotatable bonds is 4. The molecule has 2 aliphatic rings. The van der Waals surface area contributed by atoms with E-state index in [4.69, 9.17) is 4.74 Å². The van der Waals surface area contributed by atoms with Crippen molar-refractivity contribution in [2.75, 3.05) is 44.3 Å². The monoisotopic (exact) mass is 260 g/mol. The minimum atomic E-state index is -0.556. The predicted octanol–water partition coefficient (Wildman–Crippen LogP) is 0.208. The van der Waals surface area contributed by atoms with Crippen LogP contribution in [0.4, 0.5) is 0 Å². The van der Waals surface area contributed by atoms with E-state index in [-0.39, 0.29) is 0 Å². The van der Waals surface area contributed by atoms with Gasteiger partial charge >= 0.3 is 0 Å². The molecule has 0 aromatic carbocycles. The van der Waals surface area contributed by atoms with E-state index in [1.165, 1.54) is 0 Å². The molecule has 0 radical (unpaired) electrons. The molecule has 4 nitrogen and oxygen atoms in total. The Hall–Kier alpha value is 0.0300. The van der Waals surface area contributed by atoms with Crippen molar-refractivity contribution in [3.05, 3.63) is 0 Å². The molecule has 1 unspecified atom stereocenters. The van der Waals surface area contributed by atoms with E-state index in [0.29, 0.717) is 12.1 Å². The highest BCUT2D eigenvalue weighted by Crippen LogP contribution is 2.10. The van der Waals surface area contributed by atoms with E-state index < -0.39 is 10.8 Å². The van der Waals surface area contributed by atoms with E-state index >= 15 is 0 Å². The zero-order valence-corrected chi connectivity index (χ0v) is 11.5. The molecule has 2 fully saturated rings. The lowest BCUT2D eigenvalue weighted by Gasteiger charge is -2.33. The van der Waals surface area contributed by atoms with E-state index in [1.807, 2.05) is 0 Å². The molecule has 0 saturated carbocycles. The normalized spacial score (nSPS) is 35.9. The van der Waals surface area contributed by atoms with Gasteiger partial charge in [-0.25, -0.2) is 0 Å². The Morgan fingerprint density at radius 3 is 2.88 bits per heavy atom. The summed E-state index contributed by atoms with van der Waals surface area (Å²) in [7, 11) is -0.556. The van der Waals surface area contributed by atoms with Gasteiger partial charge in [0.25, 0.3) is 0 Å². The molecule has 0 bridgehead atoms. The van der Waals surface area contributed by atoms with Crippen LogP contribution in [0.3, 0.4) is 0 Å². The standard InChI is InChI=1S/C12H24N2O2S/c1-2-14-5-6-16-12(10-14)9-13-11-3-7-17(15)8-4-11/h11-13H,2-10H2,1H3. The highest BCUT2D eigenvalue weighted by molar-refractivity contribution is 7.85. The molecule has 2 heterocycles. The van der Waals surface area contributed by atoms with Crippen LogP contribution < -0.4 is 5.32 Å². The van der Waals surface area contributed by atoms with Gasteiger partial charge in [-0.2, -0.15) is 0 Å². The molecular weight excluding hydrogens is 236 g/mol. The number of nitrogens with one attached hydrogen (secondary N) is 1. The molecule has 5 heteroatoms. The van der Waals surface area contributed by atoms with Crippen molar-refractivity contribution >= 4 is 10.8 Å². The summed E-state index contributed by atoms with van der Waals surface area (Å²) in [5, 5.41) is 3.57. The summed E-state index contributed by atoms with van der Waals surface area (Å²) in [6, 6.07) is 0.549. The zero-order valence-electron chi connectivity index (χ0n) is 10.7. The lowest BCUT2D eigenvalue weighted by molar-refractivity contribution is -0.0264. The lowest BCUT2D eigenvalue weighted by atomic mass is 10.1. The van der Waals surface area contributed by atoms with Crippen molar-refractivity contribution in [1.82, 2.24) is 10.2 Å². The molecule has 0 aromatic heterocycles. The molecule has 1 atom stereocenters. The molecule has 0 amide bonds. The maximum Gasteiger partial charge on any atom is 0.0826 e. The van der Waals surface area contributed by atoms with Crippen molar-refractivity contribution < 1.29 is 8.95 Å². The molecule has 2 rings (SSSR count). The third-order valence-electron chi connectivity index (χ3n) is 3.69. The predicted molar refractivity (Wildman–Crippen MR) is 70.8 cm³/mol. The van der Waals surface area contributed by atoms with E-state index in [9.17, 15) is 4.21 Å². The number of hydrogen-bond acceptors (Lipinski definition) is 4. The minimum absolute atomic E-state index is 0.330. The van der Waals surface area contributed by atoms with Crippen LogP contribution >= 0.6 is 0 Å². The van der Waals surface area contributed by atoms with Crippen LogP contribution in [0.2, 0.25) is 0 Å². The number of morpholine rings is 1. The highest BCUT2D eigenvalue weighted by Gasteiger charge is 2.22. The summed E-state index contributed by atoms with van der Waals surface area (Å²) in [6.07, 6.45) is 2.43. The quantitative estimate of drug-likeness (QED) is 0.784. The van der Waals surface area contributed by atoms with Gasteiger partial charge in [-0.15, -0.1) is 0 Å². The summed E-state index contributed by atoms with van der Waals surface area (Å²) >= 11 is 0. The van der Waals surface area contributed by atoms with Gasteiger partial charge in [0.15, 0.2) is 0 Å². The average molecular weight is 260 g/mol. The Morgan fingerprint density at radius 1 is 1.41 bits per heavy atom. The zero-order chi connectivity index (χ0) is 12.1. The second kappa shape index (κ2) is 6.83. The van der Waals surface area contributed by atoms with Crippen LogP contribution in [0.25, 0.3) is 0 Å². The van der Waals surface area contributed by atoms with Crippen LogP contribution in [0, 0.1) is 0 Å². The summed E-state index contributed by atoms with van der Waals surface area (Å²) in [5.41, 5.74) is 0. The maximum atomic E-state index is 11.2. The average Bonchev–Trinajstić information content (AvgIpc) is 2.38. The fraction of sp³-hybridized carbons (Fsp3) is 1.00. The summed E-state index contributed by atoms with van der Waals surface area (Å²) in [5.74, 6) is 1.73. The fourth-order valence-electron chi connectivity index (χ4n) is 2.49. The van der Waals surface area contributed by atoms with Crippen molar-refractivity contribution in [3.8, 4) is 0 Å². The largest absolute Gasteiger partial charge is 0.374 e. The van der Waals surface area contributed by atoms with Crippen molar-refractivity contribution in [2.24, 2.45) is 0 Å².